The van der Waals surface area contributed by atoms with Gasteiger partial charge < -0.3 is 10.1 Å². The number of carbonyl (C=O) groups excluding carboxylic acids is 2. The lowest BCUT2D eigenvalue weighted by Gasteiger charge is -2.08. The van der Waals surface area contributed by atoms with E-state index in [2.05, 4.69) is 31.8 Å². The van der Waals surface area contributed by atoms with Crippen molar-refractivity contribution in [1.82, 2.24) is 5.43 Å². The Hall–Kier alpha value is -2.09. The molecule has 2 amide bonds. The van der Waals surface area contributed by atoms with Crippen LogP contribution >= 0.6 is 39.1 Å². The Labute approximate surface area is 181 Å². The highest BCUT2D eigenvalue weighted by Gasteiger charge is 2.08. The molecule has 0 aliphatic heterocycles. The van der Waals surface area contributed by atoms with Gasteiger partial charge in [-0.1, -0.05) is 29.3 Å². The largest absolute Gasteiger partial charge is 0.483 e. The molecule has 2 aromatic carbocycles. The predicted molar refractivity (Wildman–Crippen MR) is 115 cm³/mol. The van der Waals surface area contributed by atoms with Gasteiger partial charge in [-0.3, -0.25) is 9.59 Å². The number of nitrogens with zero attached hydrogens (tertiary/aromatic N) is 1. The first-order chi connectivity index (χ1) is 13.2. The number of aryl methyl sites for hydroxylation is 1. The van der Waals surface area contributed by atoms with Crippen LogP contribution in [0.15, 0.2) is 46.0 Å². The van der Waals surface area contributed by atoms with E-state index < -0.39 is 5.91 Å². The number of benzene rings is 2. The number of anilines is 1. The molecule has 0 aromatic heterocycles. The minimum atomic E-state index is -0.434. The molecule has 6 nitrogen and oxygen atoms in total. The van der Waals surface area contributed by atoms with Crippen LogP contribution in [0.2, 0.25) is 10.0 Å². The van der Waals surface area contributed by atoms with Crippen molar-refractivity contribution in [2.24, 2.45) is 5.10 Å². The van der Waals surface area contributed by atoms with Gasteiger partial charge >= 0.3 is 0 Å². The summed E-state index contributed by atoms with van der Waals surface area (Å²) in [4.78, 5) is 23.9. The summed E-state index contributed by atoms with van der Waals surface area (Å²) in [5, 5.41) is 7.33. The Balaban J connectivity index is 1.79. The van der Waals surface area contributed by atoms with Gasteiger partial charge in [0.05, 0.1) is 20.9 Å². The lowest BCUT2D eigenvalue weighted by Crippen LogP contribution is -2.26. The maximum absolute atomic E-state index is 12.0. The fourth-order valence-electron chi connectivity index (χ4n) is 2.11. The molecule has 9 heteroatoms. The van der Waals surface area contributed by atoms with Crippen molar-refractivity contribution in [1.29, 1.82) is 0 Å². The highest BCUT2D eigenvalue weighted by atomic mass is 79.9. The quantitative estimate of drug-likeness (QED) is 0.428. The summed E-state index contributed by atoms with van der Waals surface area (Å²) < 4.78 is 6.20. The van der Waals surface area contributed by atoms with Gasteiger partial charge in [-0.15, -0.1) is 0 Å². The number of amides is 2. The van der Waals surface area contributed by atoms with Crippen LogP contribution in [0.4, 0.5) is 5.69 Å². The van der Waals surface area contributed by atoms with E-state index in [4.69, 9.17) is 27.9 Å². The summed E-state index contributed by atoms with van der Waals surface area (Å²) in [5.41, 5.74) is 4.39. The Morgan fingerprint density at radius 3 is 2.54 bits per heavy atom. The van der Waals surface area contributed by atoms with Crippen molar-refractivity contribution in [3.63, 3.8) is 0 Å². The van der Waals surface area contributed by atoms with E-state index in [0.29, 0.717) is 27.2 Å². The van der Waals surface area contributed by atoms with E-state index in [1.54, 1.807) is 31.2 Å². The molecule has 28 heavy (non-hydrogen) atoms. The average molecular weight is 487 g/mol. The third-order valence-electron chi connectivity index (χ3n) is 3.44. The topological polar surface area (TPSA) is 79.8 Å². The summed E-state index contributed by atoms with van der Waals surface area (Å²) in [6.45, 7) is 3.39. The molecule has 0 atom stereocenters. The van der Waals surface area contributed by atoms with Crippen molar-refractivity contribution in [2.45, 2.75) is 20.3 Å². The highest BCUT2D eigenvalue weighted by molar-refractivity contribution is 9.10. The van der Waals surface area contributed by atoms with E-state index in [9.17, 15) is 9.59 Å². The molecule has 0 fully saturated rings. The van der Waals surface area contributed by atoms with E-state index >= 15 is 0 Å². The van der Waals surface area contributed by atoms with Crippen LogP contribution in [0.5, 0.6) is 5.75 Å². The van der Waals surface area contributed by atoms with Gasteiger partial charge in [0, 0.05) is 11.4 Å². The van der Waals surface area contributed by atoms with Gasteiger partial charge in [-0.2, -0.15) is 5.10 Å². The Bertz CT molecular complexity index is 919. The number of nitrogens with one attached hydrogen (secondary N) is 2. The summed E-state index contributed by atoms with van der Waals surface area (Å²) in [6, 6.07) is 10.3. The molecule has 0 radical (unpaired) electrons. The number of rotatable bonds is 7. The molecular formula is C19H18BrCl2N3O3. The second kappa shape index (κ2) is 10.5. The maximum Gasteiger partial charge on any atom is 0.277 e. The third-order valence-corrected chi connectivity index (χ3v) is 4.80. The van der Waals surface area contributed by atoms with E-state index in [0.717, 1.165) is 10.0 Å². The van der Waals surface area contributed by atoms with Crippen LogP contribution in [0.3, 0.4) is 0 Å². The lowest BCUT2D eigenvalue weighted by atomic mass is 10.2. The Kier molecular flexibility index (Phi) is 8.29. The van der Waals surface area contributed by atoms with Crippen LogP contribution in [0.1, 0.15) is 18.9 Å². The van der Waals surface area contributed by atoms with Gasteiger partial charge in [-0.05, 0) is 65.7 Å². The molecule has 148 valence electrons. The molecule has 0 bridgehead atoms. The van der Waals surface area contributed by atoms with E-state index in [-0.39, 0.29) is 18.9 Å². The number of hydrogen-bond acceptors (Lipinski definition) is 4. The maximum atomic E-state index is 12.0. The fraction of sp³-hybridized carbons (Fsp3) is 0.211. The number of carbonyl (C=O) groups is 2. The van der Waals surface area contributed by atoms with Gasteiger partial charge in [-0.25, -0.2) is 5.43 Å². The molecule has 0 spiro atoms. The molecule has 0 saturated carbocycles. The van der Waals surface area contributed by atoms with E-state index in [1.807, 2.05) is 19.1 Å². The predicted octanol–water partition coefficient (Wildman–Crippen LogP) is 4.96. The van der Waals surface area contributed by atoms with Crippen molar-refractivity contribution in [3.05, 3.63) is 56.5 Å². The minimum Gasteiger partial charge on any atom is -0.483 e. The highest BCUT2D eigenvalue weighted by Crippen LogP contribution is 2.26. The van der Waals surface area contributed by atoms with Crippen LogP contribution in [-0.2, 0) is 9.59 Å². The fourth-order valence-corrected chi connectivity index (χ4v) is 3.01. The molecule has 0 unspecified atom stereocenters. The zero-order valence-corrected chi connectivity index (χ0v) is 18.3. The van der Waals surface area contributed by atoms with Crippen molar-refractivity contribution in [2.75, 3.05) is 11.9 Å². The Morgan fingerprint density at radius 2 is 1.86 bits per heavy atom. The zero-order chi connectivity index (χ0) is 20.7. The molecule has 2 aromatic rings. The first-order valence-electron chi connectivity index (χ1n) is 8.20. The molecule has 0 saturated heterocycles. The third kappa shape index (κ3) is 7.14. The average Bonchev–Trinajstić information content (AvgIpc) is 2.62. The SMILES string of the molecule is C/C(CC(=O)Nc1ccc(Cl)c(Cl)c1)=N\NC(=O)COc1ccc(C)cc1Br. The normalized spacial score (nSPS) is 11.1. The smallest absolute Gasteiger partial charge is 0.277 e. The molecule has 2 rings (SSSR count). The van der Waals surface area contributed by atoms with E-state index in [1.165, 1.54) is 0 Å². The van der Waals surface area contributed by atoms with Gasteiger partial charge in [0.2, 0.25) is 5.91 Å². The number of hydrazone groups is 1. The first kappa shape index (κ1) is 22.2. The lowest BCUT2D eigenvalue weighted by molar-refractivity contribution is -0.123. The molecular weight excluding hydrogens is 469 g/mol. The molecule has 2 N–H and O–H groups in total. The standard InChI is InChI=1S/C19H18BrCl2N3O3/c1-11-3-6-17(14(20)7-11)28-10-19(27)25-24-12(2)8-18(26)23-13-4-5-15(21)16(22)9-13/h3-7,9H,8,10H2,1-2H3,(H,23,26)(H,25,27)/b24-12+. The Morgan fingerprint density at radius 1 is 1.11 bits per heavy atom. The van der Waals surface area contributed by atoms with Crippen LogP contribution in [-0.4, -0.2) is 24.1 Å². The summed E-state index contributed by atoms with van der Waals surface area (Å²) >= 11 is 15.1. The summed E-state index contributed by atoms with van der Waals surface area (Å²) in [7, 11) is 0. The monoisotopic (exact) mass is 485 g/mol. The number of ether oxygens (including phenoxy) is 1. The summed E-state index contributed by atoms with van der Waals surface area (Å²) in [6.07, 6.45) is 0.00485. The molecule has 0 aliphatic carbocycles. The second-order valence-electron chi connectivity index (χ2n) is 5.96. The van der Waals surface area contributed by atoms with Crippen LogP contribution in [0, 0.1) is 6.92 Å². The number of hydrogen-bond donors (Lipinski definition) is 2. The van der Waals surface area contributed by atoms with Gasteiger partial charge in [0.15, 0.2) is 6.61 Å². The van der Waals surface area contributed by atoms with Crippen molar-refractivity contribution in [3.8, 4) is 5.75 Å². The van der Waals surface area contributed by atoms with Crippen molar-refractivity contribution >= 4 is 62.3 Å². The van der Waals surface area contributed by atoms with Gasteiger partial charge in [0.1, 0.15) is 5.75 Å². The zero-order valence-electron chi connectivity index (χ0n) is 15.2. The molecule has 0 aliphatic rings. The van der Waals surface area contributed by atoms with Crippen LogP contribution in [0.25, 0.3) is 0 Å². The van der Waals surface area contributed by atoms with Gasteiger partial charge in [0.25, 0.3) is 5.91 Å². The second-order valence-corrected chi connectivity index (χ2v) is 7.63. The first-order valence-corrected chi connectivity index (χ1v) is 9.75. The van der Waals surface area contributed by atoms with Crippen LogP contribution < -0.4 is 15.5 Å². The minimum absolute atomic E-state index is 0.00485. The molecule has 0 heterocycles. The van der Waals surface area contributed by atoms with Crippen molar-refractivity contribution < 1.29 is 14.3 Å². The summed E-state index contributed by atoms with van der Waals surface area (Å²) in [5.74, 6) is -0.173. The number of halogens is 3.